The topological polar surface area (TPSA) is 33.6 Å². The Morgan fingerprint density at radius 1 is 1.05 bits per heavy atom. The number of hydrogen-bond acceptors (Lipinski definition) is 3. The first-order chi connectivity index (χ1) is 9.88. The second kappa shape index (κ2) is 8.00. The molecule has 2 aromatic carbocycles. The first-order valence-electron chi connectivity index (χ1n) is 6.95. The zero-order valence-electron chi connectivity index (χ0n) is 11.8. The number of nitrogens with zero attached hydrogens (tertiary/aromatic N) is 1. The van der Waals surface area contributed by atoms with Crippen LogP contribution in [0.5, 0.6) is 5.75 Å². The van der Waals surface area contributed by atoms with Gasteiger partial charge in [-0.05, 0) is 48.4 Å². The summed E-state index contributed by atoms with van der Waals surface area (Å²) in [4.78, 5) is 0. The standard InChI is InChI=1S/C17H20N2O/c1-2-3-13-20-17-11-9-15(10-12-17)14-18-19-16-7-5-4-6-8-16/h4-12,14,19H,2-3,13H2,1H3/b18-14+. The van der Waals surface area contributed by atoms with E-state index >= 15 is 0 Å². The van der Waals surface area contributed by atoms with Crippen LogP contribution >= 0.6 is 0 Å². The summed E-state index contributed by atoms with van der Waals surface area (Å²) in [5.41, 5.74) is 5.00. The van der Waals surface area contributed by atoms with Crippen LogP contribution < -0.4 is 10.2 Å². The average molecular weight is 268 g/mol. The van der Waals surface area contributed by atoms with E-state index in [1.54, 1.807) is 6.21 Å². The van der Waals surface area contributed by atoms with Gasteiger partial charge >= 0.3 is 0 Å². The minimum absolute atomic E-state index is 0.777. The van der Waals surface area contributed by atoms with Gasteiger partial charge in [-0.15, -0.1) is 0 Å². The van der Waals surface area contributed by atoms with Crippen molar-refractivity contribution >= 4 is 11.9 Å². The molecule has 0 amide bonds. The van der Waals surface area contributed by atoms with Crippen molar-refractivity contribution in [2.45, 2.75) is 19.8 Å². The molecule has 0 aromatic heterocycles. The molecule has 1 N–H and O–H groups in total. The highest BCUT2D eigenvalue weighted by Gasteiger charge is 1.93. The van der Waals surface area contributed by atoms with Crippen molar-refractivity contribution in [3.05, 3.63) is 60.2 Å². The van der Waals surface area contributed by atoms with Gasteiger partial charge in [0.25, 0.3) is 0 Å². The average Bonchev–Trinajstić information content (AvgIpc) is 2.50. The van der Waals surface area contributed by atoms with Crippen molar-refractivity contribution < 1.29 is 4.74 Å². The Hall–Kier alpha value is -2.29. The molecule has 0 spiro atoms. The lowest BCUT2D eigenvalue weighted by Crippen LogP contribution is -1.96. The van der Waals surface area contributed by atoms with E-state index in [2.05, 4.69) is 17.5 Å². The van der Waals surface area contributed by atoms with Gasteiger partial charge in [-0.3, -0.25) is 5.43 Å². The second-order valence-corrected chi connectivity index (χ2v) is 4.51. The summed E-state index contributed by atoms with van der Waals surface area (Å²) >= 11 is 0. The first-order valence-corrected chi connectivity index (χ1v) is 6.95. The maximum atomic E-state index is 5.62. The van der Waals surface area contributed by atoms with Gasteiger partial charge in [-0.25, -0.2) is 0 Å². The van der Waals surface area contributed by atoms with E-state index in [0.717, 1.165) is 36.4 Å². The van der Waals surface area contributed by atoms with E-state index in [1.807, 2.05) is 54.6 Å². The number of anilines is 1. The van der Waals surface area contributed by atoms with Crippen LogP contribution in [0.4, 0.5) is 5.69 Å². The lowest BCUT2D eigenvalue weighted by Gasteiger charge is -2.05. The molecule has 2 aromatic rings. The van der Waals surface area contributed by atoms with Gasteiger partial charge in [0.1, 0.15) is 5.75 Å². The molecular formula is C17H20N2O. The normalized spacial score (nSPS) is 10.7. The predicted molar refractivity (Wildman–Crippen MR) is 84.5 cm³/mol. The van der Waals surface area contributed by atoms with Crippen molar-refractivity contribution in [1.82, 2.24) is 0 Å². The van der Waals surface area contributed by atoms with Crippen LogP contribution in [0.1, 0.15) is 25.3 Å². The number of ether oxygens (including phenoxy) is 1. The first kappa shape index (κ1) is 14.1. The minimum Gasteiger partial charge on any atom is -0.494 e. The van der Waals surface area contributed by atoms with Crippen LogP contribution in [0.2, 0.25) is 0 Å². The highest BCUT2D eigenvalue weighted by molar-refractivity contribution is 5.80. The van der Waals surface area contributed by atoms with Gasteiger partial charge < -0.3 is 4.74 Å². The number of hydrazone groups is 1. The largest absolute Gasteiger partial charge is 0.494 e. The third-order valence-electron chi connectivity index (χ3n) is 2.83. The molecule has 0 atom stereocenters. The Morgan fingerprint density at radius 3 is 2.50 bits per heavy atom. The Morgan fingerprint density at radius 2 is 1.80 bits per heavy atom. The van der Waals surface area contributed by atoms with E-state index < -0.39 is 0 Å². The van der Waals surface area contributed by atoms with E-state index in [1.165, 1.54) is 0 Å². The van der Waals surface area contributed by atoms with Crippen molar-refractivity contribution in [3.63, 3.8) is 0 Å². The smallest absolute Gasteiger partial charge is 0.119 e. The fourth-order valence-corrected chi connectivity index (χ4v) is 1.68. The summed E-state index contributed by atoms with van der Waals surface area (Å²) in [7, 11) is 0. The van der Waals surface area contributed by atoms with E-state index in [9.17, 15) is 0 Å². The maximum Gasteiger partial charge on any atom is 0.119 e. The van der Waals surface area contributed by atoms with Gasteiger partial charge in [-0.1, -0.05) is 31.5 Å². The maximum absolute atomic E-state index is 5.62. The molecule has 0 aliphatic rings. The quantitative estimate of drug-likeness (QED) is 0.461. The van der Waals surface area contributed by atoms with Gasteiger partial charge in [0.2, 0.25) is 0 Å². The molecule has 0 fully saturated rings. The number of rotatable bonds is 7. The van der Waals surface area contributed by atoms with E-state index in [0.29, 0.717) is 0 Å². The molecule has 0 aliphatic carbocycles. The molecule has 0 aliphatic heterocycles. The Labute approximate surface area is 120 Å². The number of unbranched alkanes of at least 4 members (excludes halogenated alkanes) is 1. The fourth-order valence-electron chi connectivity index (χ4n) is 1.68. The van der Waals surface area contributed by atoms with Gasteiger partial charge in [0, 0.05) is 0 Å². The lowest BCUT2D eigenvalue weighted by atomic mass is 10.2. The van der Waals surface area contributed by atoms with Crippen molar-refractivity contribution in [2.75, 3.05) is 12.0 Å². The number of benzene rings is 2. The minimum atomic E-state index is 0.777. The fraction of sp³-hybridized carbons (Fsp3) is 0.235. The molecule has 20 heavy (non-hydrogen) atoms. The van der Waals surface area contributed by atoms with Crippen LogP contribution in [0.3, 0.4) is 0 Å². The number of nitrogens with one attached hydrogen (secondary N) is 1. The van der Waals surface area contributed by atoms with Crippen LogP contribution in [0.25, 0.3) is 0 Å². The predicted octanol–water partition coefficient (Wildman–Crippen LogP) is 4.31. The monoisotopic (exact) mass is 268 g/mol. The van der Waals surface area contributed by atoms with Crippen molar-refractivity contribution in [2.24, 2.45) is 5.10 Å². The third-order valence-corrected chi connectivity index (χ3v) is 2.83. The third kappa shape index (κ3) is 4.76. The Kier molecular flexibility index (Phi) is 5.65. The molecule has 3 heteroatoms. The van der Waals surface area contributed by atoms with Gasteiger partial charge in [0.15, 0.2) is 0 Å². The second-order valence-electron chi connectivity index (χ2n) is 4.51. The van der Waals surface area contributed by atoms with Gasteiger partial charge in [-0.2, -0.15) is 5.10 Å². The molecule has 0 unspecified atom stereocenters. The van der Waals surface area contributed by atoms with Crippen LogP contribution in [0.15, 0.2) is 59.7 Å². The highest BCUT2D eigenvalue weighted by atomic mass is 16.5. The molecule has 3 nitrogen and oxygen atoms in total. The summed E-state index contributed by atoms with van der Waals surface area (Å²) in [5.74, 6) is 0.909. The summed E-state index contributed by atoms with van der Waals surface area (Å²) in [6.07, 6.45) is 4.03. The Bertz CT molecular complexity index is 520. The molecule has 104 valence electrons. The van der Waals surface area contributed by atoms with Crippen molar-refractivity contribution in [3.8, 4) is 5.75 Å². The van der Waals surface area contributed by atoms with E-state index in [4.69, 9.17) is 4.74 Å². The highest BCUT2D eigenvalue weighted by Crippen LogP contribution is 2.12. The van der Waals surface area contributed by atoms with E-state index in [-0.39, 0.29) is 0 Å². The molecule has 0 heterocycles. The zero-order chi connectivity index (χ0) is 14.0. The summed E-state index contributed by atoms with van der Waals surface area (Å²) in [6, 6.07) is 17.8. The Balaban J connectivity index is 1.84. The molecular weight excluding hydrogens is 248 g/mol. The van der Waals surface area contributed by atoms with Crippen LogP contribution in [-0.2, 0) is 0 Å². The number of para-hydroxylation sites is 1. The van der Waals surface area contributed by atoms with Crippen molar-refractivity contribution in [1.29, 1.82) is 0 Å². The SMILES string of the molecule is CCCCOc1ccc(/C=N/Nc2ccccc2)cc1. The zero-order valence-corrected chi connectivity index (χ0v) is 11.8. The molecule has 0 bridgehead atoms. The molecule has 2 rings (SSSR count). The van der Waals surface area contributed by atoms with Crippen LogP contribution in [0, 0.1) is 0 Å². The summed E-state index contributed by atoms with van der Waals surface area (Å²) < 4.78 is 5.62. The molecule has 0 radical (unpaired) electrons. The molecule has 0 saturated carbocycles. The number of hydrogen-bond donors (Lipinski definition) is 1. The summed E-state index contributed by atoms with van der Waals surface area (Å²) in [6.45, 7) is 2.93. The molecule has 0 saturated heterocycles. The van der Waals surface area contributed by atoms with Gasteiger partial charge in [0.05, 0.1) is 18.5 Å². The van der Waals surface area contributed by atoms with Crippen LogP contribution in [-0.4, -0.2) is 12.8 Å². The summed E-state index contributed by atoms with van der Waals surface area (Å²) in [5, 5.41) is 4.20. The lowest BCUT2D eigenvalue weighted by molar-refractivity contribution is 0.309.